The van der Waals surface area contributed by atoms with Crippen molar-refractivity contribution in [3.05, 3.63) is 52.0 Å². The standard InChI is InChI=1S/C16H18N2OS/c1-12-18-14(10-20-12)9-15(19)17-11-16(7-8-16)13-5-3-2-4-6-13/h2-6,10H,7-9,11H2,1H3,(H,17,19). The highest BCUT2D eigenvalue weighted by molar-refractivity contribution is 7.09. The van der Waals surface area contributed by atoms with E-state index in [1.165, 1.54) is 5.56 Å². The Labute approximate surface area is 123 Å². The Kier molecular flexibility index (Phi) is 3.57. The second-order valence-electron chi connectivity index (χ2n) is 5.46. The number of amides is 1. The highest BCUT2D eigenvalue weighted by Gasteiger charge is 2.44. The molecule has 1 aliphatic carbocycles. The molecule has 0 spiro atoms. The van der Waals surface area contributed by atoms with Crippen molar-refractivity contribution < 1.29 is 4.79 Å². The lowest BCUT2D eigenvalue weighted by molar-refractivity contribution is -0.120. The molecule has 0 saturated heterocycles. The quantitative estimate of drug-likeness (QED) is 0.918. The number of hydrogen-bond acceptors (Lipinski definition) is 3. The number of nitrogens with one attached hydrogen (secondary N) is 1. The molecule has 1 aromatic carbocycles. The van der Waals surface area contributed by atoms with E-state index >= 15 is 0 Å². The third kappa shape index (κ3) is 2.90. The van der Waals surface area contributed by atoms with Gasteiger partial charge in [-0.2, -0.15) is 0 Å². The van der Waals surface area contributed by atoms with E-state index in [2.05, 4.69) is 34.6 Å². The summed E-state index contributed by atoms with van der Waals surface area (Å²) in [6.45, 7) is 2.69. The van der Waals surface area contributed by atoms with Gasteiger partial charge in [-0.05, 0) is 25.3 Å². The molecule has 1 saturated carbocycles. The number of aromatic nitrogens is 1. The Hall–Kier alpha value is -1.68. The van der Waals surface area contributed by atoms with Crippen molar-refractivity contribution in [2.24, 2.45) is 0 Å². The molecule has 4 heteroatoms. The number of carbonyl (C=O) groups excluding carboxylic acids is 1. The van der Waals surface area contributed by atoms with Crippen molar-refractivity contribution in [1.29, 1.82) is 0 Å². The molecular weight excluding hydrogens is 268 g/mol. The van der Waals surface area contributed by atoms with E-state index in [9.17, 15) is 4.79 Å². The largest absolute Gasteiger partial charge is 0.355 e. The van der Waals surface area contributed by atoms with Crippen LogP contribution in [0.25, 0.3) is 0 Å². The molecule has 1 heterocycles. The summed E-state index contributed by atoms with van der Waals surface area (Å²) in [5.41, 5.74) is 2.38. The molecule has 0 aliphatic heterocycles. The van der Waals surface area contributed by atoms with Gasteiger partial charge < -0.3 is 5.32 Å². The van der Waals surface area contributed by atoms with Crippen LogP contribution in [0.4, 0.5) is 0 Å². The fraction of sp³-hybridized carbons (Fsp3) is 0.375. The lowest BCUT2D eigenvalue weighted by atomic mass is 9.96. The number of aryl methyl sites for hydroxylation is 1. The molecule has 0 unspecified atom stereocenters. The smallest absolute Gasteiger partial charge is 0.226 e. The highest BCUT2D eigenvalue weighted by Crippen LogP contribution is 2.47. The summed E-state index contributed by atoms with van der Waals surface area (Å²) < 4.78 is 0. The van der Waals surface area contributed by atoms with Gasteiger partial charge >= 0.3 is 0 Å². The maximum atomic E-state index is 12.0. The Morgan fingerprint density at radius 2 is 2.10 bits per heavy atom. The molecule has 1 N–H and O–H groups in total. The predicted molar refractivity (Wildman–Crippen MR) is 80.9 cm³/mol. The molecule has 3 rings (SSSR count). The lowest BCUT2D eigenvalue weighted by Crippen LogP contribution is -2.33. The number of rotatable bonds is 5. The van der Waals surface area contributed by atoms with Gasteiger partial charge in [0.2, 0.25) is 5.91 Å². The van der Waals surface area contributed by atoms with Crippen LogP contribution >= 0.6 is 11.3 Å². The summed E-state index contributed by atoms with van der Waals surface area (Å²) in [6, 6.07) is 10.5. The third-order valence-corrected chi connectivity index (χ3v) is 4.69. The molecule has 0 atom stereocenters. The van der Waals surface area contributed by atoms with Crippen molar-refractivity contribution in [3.8, 4) is 0 Å². The summed E-state index contributed by atoms with van der Waals surface area (Å²) in [5.74, 6) is 0.0671. The molecule has 1 aliphatic rings. The van der Waals surface area contributed by atoms with Crippen LogP contribution in [0.2, 0.25) is 0 Å². The molecule has 0 bridgehead atoms. The van der Waals surface area contributed by atoms with Crippen LogP contribution in [-0.2, 0) is 16.6 Å². The van der Waals surface area contributed by atoms with Gasteiger partial charge in [0.25, 0.3) is 0 Å². The third-order valence-electron chi connectivity index (χ3n) is 3.87. The topological polar surface area (TPSA) is 42.0 Å². The molecule has 20 heavy (non-hydrogen) atoms. The van der Waals surface area contributed by atoms with Gasteiger partial charge in [-0.3, -0.25) is 4.79 Å². The van der Waals surface area contributed by atoms with Crippen LogP contribution in [0.1, 0.15) is 29.1 Å². The zero-order chi connectivity index (χ0) is 14.0. The second-order valence-corrected chi connectivity index (χ2v) is 6.52. The van der Waals surface area contributed by atoms with Crippen LogP contribution in [0, 0.1) is 6.92 Å². The zero-order valence-corrected chi connectivity index (χ0v) is 12.4. The van der Waals surface area contributed by atoms with Crippen LogP contribution < -0.4 is 5.32 Å². The van der Waals surface area contributed by atoms with Gasteiger partial charge in [-0.1, -0.05) is 30.3 Å². The normalized spacial score (nSPS) is 15.8. The molecule has 1 aromatic heterocycles. The first kappa shape index (κ1) is 13.3. The van der Waals surface area contributed by atoms with E-state index in [-0.39, 0.29) is 11.3 Å². The van der Waals surface area contributed by atoms with Crippen LogP contribution in [0.5, 0.6) is 0 Å². The van der Waals surface area contributed by atoms with Crippen molar-refractivity contribution in [2.45, 2.75) is 31.6 Å². The Bertz CT molecular complexity index is 602. The Balaban J connectivity index is 1.56. The highest BCUT2D eigenvalue weighted by atomic mass is 32.1. The van der Waals surface area contributed by atoms with Gasteiger partial charge in [0.15, 0.2) is 0 Å². The average molecular weight is 286 g/mol. The molecule has 1 amide bonds. The van der Waals surface area contributed by atoms with Crippen molar-refractivity contribution >= 4 is 17.2 Å². The number of benzene rings is 1. The second kappa shape index (κ2) is 5.37. The summed E-state index contributed by atoms with van der Waals surface area (Å²) >= 11 is 1.59. The van der Waals surface area contributed by atoms with Crippen LogP contribution in [-0.4, -0.2) is 17.4 Å². The molecule has 3 nitrogen and oxygen atoms in total. The number of hydrogen-bond donors (Lipinski definition) is 1. The van der Waals surface area contributed by atoms with Crippen LogP contribution in [0.3, 0.4) is 0 Å². The first-order chi connectivity index (χ1) is 9.68. The minimum absolute atomic E-state index is 0.0671. The zero-order valence-electron chi connectivity index (χ0n) is 11.6. The van der Waals surface area contributed by atoms with E-state index < -0.39 is 0 Å². The van der Waals surface area contributed by atoms with E-state index in [1.807, 2.05) is 18.4 Å². The fourth-order valence-corrected chi connectivity index (χ4v) is 3.11. The van der Waals surface area contributed by atoms with Crippen molar-refractivity contribution in [3.63, 3.8) is 0 Å². The first-order valence-corrected chi connectivity index (χ1v) is 7.79. The molecule has 104 valence electrons. The Morgan fingerprint density at radius 3 is 2.70 bits per heavy atom. The molecule has 0 radical (unpaired) electrons. The predicted octanol–water partition coefficient (Wildman–Crippen LogP) is 2.84. The molecular formula is C16H18N2OS. The van der Waals surface area contributed by atoms with Gasteiger partial charge in [-0.15, -0.1) is 11.3 Å². The number of nitrogens with zero attached hydrogens (tertiary/aromatic N) is 1. The number of thiazole rings is 1. The van der Waals surface area contributed by atoms with Gasteiger partial charge in [-0.25, -0.2) is 4.98 Å². The summed E-state index contributed by atoms with van der Waals surface area (Å²) in [4.78, 5) is 16.3. The fourth-order valence-electron chi connectivity index (χ4n) is 2.49. The van der Waals surface area contributed by atoms with E-state index in [4.69, 9.17) is 0 Å². The van der Waals surface area contributed by atoms with E-state index in [0.717, 1.165) is 30.1 Å². The summed E-state index contributed by atoms with van der Waals surface area (Å²) in [7, 11) is 0. The number of carbonyl (C=O) groups is 1. The lowest BCUT2D eigenvalue weighted by Gasteiger charge is -2.16. The summed E-state index contributed by atoms with van der Waals surface area (Å²) in [6.07, 6.45) is 2.70. The summed E-state index contributed by atoms with van der Waals surface area (Å²) in [5, 5.41) is 6.03. The Morgan fingerprint density at radius 1 is 1.35 bits per heavy atom. The first-order valence-electron chi connectivity index (χ1n) is 6.91. The monoisotopic (exact) mass is 286 g/mol. The van der Waals surface area contributed by atoms with Crippen molar-refractivity contribution in [1.82, 2.24) is 10.3 Å². The van der Waals surface area contributed by atoms with Gasteiger partial charge in [0.05, 0.1) is 17.1 Å². The minimum Gasteiger partial charge on any atom is -0.355 e. The maximum absolute atomic E-state index is 12.0. The maximum Gasteiger partial charge on any atom is 0.226 e. The SMILES string of the molecule is Cc1nc(CC(=O)NCC2(c3ccccc3)CC2)cs1. The minimum atomic E-state index is 0.0671. The molecule has 2 aromatic rings. The van der Waals surface area contributed by atoms with Crippen LogP contribution in [0.15, 0.2) is 35.7 Å². The van der Waals surface area contributed by atoms with Crippen molar-refractivity contribution in [2.75, 3.05) is 6.54 Å². The van der Waals surface area contributed by atoms with Gasteiger partial charge in [0, 0.05) is 17.3 Å². The molecule has 1 fully saturated rings. The van der Waals surface area contributed by atoms with E-state index in [1.54, 1.807) is 11.3 Å². The van der Waals surface area contributed by atoms with E-state index in [0.29, 0.717) is 6.42 Å². The van der Waals surface area contributed by atoms with Gasteiger partial charge in [0.1, 0.15) is 0 Å². The average Bonchev–Trinajstić information content (AvgIpc) is 3.15.